The molecule has 0 unspecified atom stereocenters. The predicted molar refractivity (Wildman–Crippen MR) is 67.9 cm³/mol. The molecule has 4 nitrogen and oxygen atoms in total. The van der Waals surface area contributed by atoms with Gasteiger partial charge in [0.05, 0.1) is 18.2 Å². The Labute approximate surface area is 102 Å². The SMILES string of the molecule is CC1=C(c2cnn(C)c2)N(C)C(C)(C)OC=C1. The largest absolute Gasteiger partial charge is 0.476 e. The molecule has 0 bridgehead atoms. The molecule has 17 heavy (non-hydrogen) atoms. The first-order valence-corrected chi connectivity index (χ1v) is 5.70. The molecule has 4 heteroatoms. The van der Waals surface area contributed by atoms with E-state index in [1.807, 2.05) is 51.1 Å². The molecule has 0 saturated heterocycles. The molecule has 92 valence electrons. The Morgan fingerprint density at radius 3 is 2.59 bits per heavy atom. The summed E-state index contributed by atoms with van der Waals surface area (Å²) in [5, 5.41) is 4.23. The van der Waals surface area contributed by atoms with Crippen molar-refractivity contribution in [3.05, 3.63) is 35.9 Å². The number of aromatic nitrogens is 2. The highest BCUT2D eigenvalue weighted by Gasteiger charge is 2.29. The van der Waals surface area contributed by atoms with E-state index in [0.29, 0.717) is 0 Å². The van der Waals surface area contributed by atoms with Crippen LogP contribution in [-0.2, 0) is 11.8 Å². The van der Waals surface area contributed by atoms with Crippen molar-refractivity contribution in [1.29, 1.82) is 0 Å². The average Bonchev–Trinajstić information content (AvgIpc) is 2.60. The van der Waals surface area contributed by atoms with E-state index in [1.165, 1.54) is 5.57 Å². The van der Waals surface area contributed by atoms with Crippen LogP contribution in [0.25, 0.3) is 5.70 Å². The van der Waals surface area contributed by atoms with Gasteiger partial charge in [-0.3, -0.25) is 4.68 Å². The monoisotopic (exact) mass is 233 g/mol. The van der Waals surface area contributed by atoms with Crippen molar-refractivity contribution in [3.63, 3.8) is 0 Å². The number of rotatable bonds is 1. The van der Waals surface area contributed by atoms with E-state index >= 15 is 0 Å². The molecule has 1 aliphatic heterocycles. The van der Waals surface area contributed by atoms with Gasteiger partial charge in [0.25, 0.3) is 0 Å². The molecule has 1 aliphatic rings. The fourth-order valence-electron chi connectivity index (χ4n) is 1.96. The zero-order chi connectivity index (χ0) is 12.6. The zero-order valence-corrected chi connectivity index (χ0v) is 11.1. The summed E-state index contributed by atoms with van der Waals surface area (Å²) in [4.78, 5) is 2.14. The van der Waals surface area contributed by atoms with Gasteiger partial charge in [-0.25, -0.2) is 0 Å². The lowest BCUT2D eigenvalue weighted by molar-refractivity contribution is -0.0401. The smallest absolute Gasteiger partial charge is 0.176 e. The molecule has 0 fully saturated rings. The van der Waals surface area contributed by atoms with Crippen LogP contribution in [0.1, 0.15) is 26.3 Å². The highest BCUT2D eigenvalue weighted by atomic mass is 16.5. The van der Waals surface area contributed by atoms with Crippen LogP contribution < -0.4 is 0 Å². The fraction of sp³-hybridized carbons (Fsp3) is 0.462. The maximum absolute atomic E-state index is 5.71. The van der Waals surface area contributed by atoms with Crippen molar-refractivity contribution >= 4 is 5.70 Å². The third-order valence-corrected chi connectivity index (χ3v) is 3.17. The van der Waals surface area contributed by atoms with Gasteiger partial charge in [0.15, 0.2) is 5.72 Å². The van der Waals surface area contributed by atoms with Crippen molar-refractivity contribution in [2.45, 2.75) is 26.5 Å². The maximum atomic E-state index is 5.71. The number of hydrogen-bond donors (Lipinski definition) is 0. The first-order valence-electron chi connectivity index (χ1n) is 5.70. The highest BCUT2D eigenvalue weighted by Crippen LogP contribution is 2.31. The normalized spacial score (nSPS) is 19.2. The minimum atomic E-state index is -0.362. The minimum absolute atomic E-state index is 0.362. The lowest BCUT2D eigenvalue weighted by atomic mass is 10.1. The highest BCUT2D eigenvalue weighted by molar-refractivity contribution is 5.68. The minimum Gasteiger partial charge on any atom is -0.476 e. The van der Waals surface area contributed by atoms with Crippen LogP contribution in [0.2, 0.25) is 0 Å². The van der Waals surface area contributed by atoms with Crippen LogP contribution in [0.4, 0.5) is 0 Å². The summed E-state index contributed by atoms with van der Waals surface area (Å²) in [6.45, 7) is 6.18. The summed E-state index contributed by atoms with van der Waals surface area (Å²) in [6, 6.07) is 0. The Balaban J connectivity index is 2.51. The molecule has 0 aromatic carbocycles. The predicted octanol–water partition coefficient (Wildman–Crippen LogP) is 2.36. The Morgan fingerprint density at radius 2 is 2.00 bits per heavy atom. The van der Waals surface area contributed by atoms with Crippen LogP contribution in [0.3, 0.4) is 0 Å². The summed E-state index contributed by atoms with van der Waals surface area (Å²) in [5.74, 6) is 0. The third kappa shape index (κ3) is 2.07. The maximum Gasteiger partial charge on any atom is 0.176 e. The Hall–Kier alpha value is -1.71. The second-order valence-electron chi connectivity index (χ2n) is 4.86. The van der Waals surface area contributed by atoms with Crippen molar-refractivity contribution in [2.75, 3.05) is 7.05 Å². The molecule has 1 aromatic heterocycles. The van der Waals surface area contributed by atoms with E-state index in [2.05, 4.69) is 16.9 Å². The second kappa shape index (κ2) is 3.95. The molecule has 0 aliphatic carbocycles. The fourth-order valence-corrected chi connectivity index (χ4v) is 1.96. The van der Waals surface area contributed by atoms with E-state index in [-0.39, 0.29) is 5.72 Å². The zero-order valence-electron chi connectivity index (χ0n) is 11.1. The van der Waals surface area contributed by atoms with E-state index in [1.54, 1.807) is 6.26 Å². The first-order chi connectivity index (χ1) is 7.92. The summed E-state index contributed by atoms with van der Waals surface area (Å²) in [7, 11) is 3.96. The van der Waals surface area contributed by atoms with Crippen LogP contribution in [0.15, 0.2) is 30.3 Å². The van der Waals surface area contributed by atoms with Crippen LogP contribution in [0.5, 0.6) is 0 Å². The van der Waals surface area contributed by atoms with Crippen LogP contribution in [-0.4, -0.2) is 27.5 Å². The standard InChI is InChI=1S/C13H19N3O/c1-10-6-7-17-13(2,3)16(5)12(10)11-8-14-15(4)9-11/h6-9H,1-5H3. The van der Waals surface area contributed by atoms with Gasteiger partial charge < -0.3 is 9.64 Å². The van der Waals surface area contributed by atoms with Crippen LogP contribution >= 0.6 is 0 Å². The number of aryl methyl sites for hydroxylation is 1. The van der Waals surface area contributed by atoms with Crippen LogP contribution in [0, 0.1) is 0 Å². The van der Waals surface area contributed by atoms with Gasteiger partial charge in [-0.1, -0.05) is 0 Å². The Kier molecular flexibility index (Phi) is 2.73. The van der Waals surface area contributed by atoms with Crippen molar-refractivity contribution in [3.8, 4) is 0 Å². The number of allylic oxidation sites excluding steroid dienone is 2. The molecule has 0 amide bonds. The molecular weight excluding hydrogens is 214 g/mol. The Morgan fingerprint density at radius 1 is 1.29 bits per heavy atom. The van der Waals surface area contributed by atoms with E-state index in [4.69, 9.17) is 4.74 Å². The molecule has 0 atom stereocenters. The second-order valence-corrected chi connectivity index (χ2v) is 4.86. The molecule has 0 radical (unpaired) electrons. The number of nitrogens with zero attached hydrogens (tertiary/aromatic N) is 3. The topological polar surface area (TPSA) is 30.3 Å². The summed E-state index contributed by atoms with van der Waals surface area (Å²) < 4.78 is 7.52. The molecule has 0 saturated carbocycles. The molecular formula is C13H19N3O. The Bertz CT molecular complexity index is 483. The lowest BCUT2D eigenvalue weighted by Crippen LogP contribution is -2.40. The van der Waals surface area contributed by atoms with Crippen molar-refractivity contribution in [1.82, 2.24) is 14.7 Å². The summed E-state index contributed by atoms with van der Waals surface area (Å²) >= 11 is 0. The number of hydrogen-bond acceptors (Lipinski definition) is 3. The van der Waals surface area contributed by atoms with Crippen molar-refractivity contribution in [2.24, 2.45) is 7.05 Å². The molecule has 0 spiro atoms. The lowest BCUT2D eigenvalue weighted by Gasteiger charge is -2.36. The summed E-state index contributed by atoms with van der Waals surface area (Å²) in [5.41, 5.74) is 3.07. The molecule has 2 rings (SSSR count). The van der Waals surface area contributed by atoms with E-state index in [9.17, 15) is 0 Å². The van der Waals surface area contributed by atoms with Gasteiger partial charge in [0.2, 0.25) is 0 Å². The summed E-state index contributed by atoms with van der Waals surface area (Å²) in [6.07, 6.45) is 7.65. The molecule has 0 N–H and O–H groups in total. The van der Waals surface area contributed by atoms with Gasteiger partial charge in [-0.2, -0.15) is 5.10 Å². The molecule has 2 heterocycles. The third-order valence-electron chi connectivity index (χ3n) is 3.17. The average molecular weight is 233 g/mol. The first kappa shape index (κ1) is 11.8. The van der Waals surface area contributed by atoms with Gasteiger partial charge >= 0.3 is 0 Å². The molecule has 1 aromatic rings. The van der Waals surface area contributed by atoms with Crippen molar-refractivity contribution < 1.29 is 4.74 Å². The van der Waals surface area contributed by atoms with E-state index < -0.39 is 0 Å². The van der Waals surface area contributed by atoms with Gasteiger partial charge in [0.1, 0.15) is 0 Å². The van der Waals surface area contributed by atoms with Gasteiger partial charge in [0, 0.05) is 25.9 Å². The van der Waals surface area contributed by atoms with Gasteiger partial charge in [-0.15, -0.1) is 0 Å². The quantitative estimate of drug-likeness (QED) is 0.746. The van der Waals surface area contributed by atoms with E-state index in [0.717, 1.165) is 11.3 Å². The van der Waals surface area contributed by atoms with Gasteiger partial charge in [-0.05, 0) is 32.4 Å². The number of ether oxygens (including phenoxy) is 1.